The summed E-state index contributed by atoms with van der Waals surface area (Å²) in [6.07, 6.45) is -0.257. The third-order valence-electron chi connectivity index (χ3n) is 5.06. The zero-order valence-electron chi connectivity index (χ0n) is 18.0. The van der Waals surface area contributed by atoms with E-state index in [4.69, 9.17) is 4.74 Å². The number of nitrogens with zero attached hydrogens (tertiary/aromatic N) is 1. The third-order valence-corrected chi connectivity index (χ3v) is 5.06. The van der Waals surface area contributed by atoms with Crippen LogP contribution in [0.4, 0.5) is 4.79 Å². The van der Waals surface area contributed by atoms with Crippen molar-refractivity contribution in [3.8, 4) is 0 Å². The smallest absolute Gasteiger partial charge is 0.411 e. The Morgan fingerprint density at radius 3 is 2.29 bits per heavy atom. The van der Waals surface area contributed by atoms with Crippen LogP contribution in [0.2, 0.25) is 0 Å². The molecule has 0 saturated heterocycles. The molecule has 0 bridgehead atoms. The summed E-state index contributed by atoms with van der Waals surface area (Å²) >= 11 is 0. The first-order chi connectivity index (χ1) is 14.6. The van der Waals surface area contributed by atoms with Gasteiger partial charge in [0.15, 0.2) is 0 Å². The minimum atomic E-state index is -1.38. The number of hydrogen-bond donors (Lipinski definition) is 1. The van der Waals surface area contributed by atoms with Gasteiger partial charge in [-0.1, -0.05) is 54.6 Å². The minimum absolute atomic E-state index is 0.0880. The lowest BCUT2D eigenvalue weighted by molar-refractivity contribution is -0.308. The standard InChI is InChI=1S/C24H28N2O5/c1-24(2,3)31-23(30)26-15-18-12-8-7-11-17(18)14-20(26)21(27)25-19(22(28)29)13-16-9-5-4-6-10-16/h4-12,19-20H,13-15H2,1-3H3,(H,25,27)(H,28,29)/p-1/t19-,20-/m0/s1. The fourth-order valence-corrected chi connectivity index (χ4v) is 3.58. The van der Waals surface area contributed by atoms with Gasteiger partial charge < -0.3 is 20.0 Å². The van der Waals surface area contributed by atoms with Crippen LogP contribution in [0.3, 0.4) is 0 Å². The first-order valence-corrected chi connectivity index (χ1v) is 10.3. The second-order valence-electron chi connectivity index (χ2n) is 8.67. The maximum atomic E-state index is 13.1. The lowest BCUT2D eigenvalue weighted by Gasteiger charge is -2.37. The summed E-state index contributed by atoms with van der Waals surface area (Å²) in [5.41, 5.74) is 1.90. The molecule has 0 saturated carbocycles. The predicted octanol–water partition coefficient (Wildman–Crippen LogP) is 1.83. The summed E-state index contributed by atoms with van der Waals surface area (Å²) in [5, 5.41) is 14.3. The molecule has 2 atom stereocenters. The molecule has 1 aliphatic rings. The van der Waals surface area contributed by atoms with E-state index in [1.165, 1.54) is 4.90 Å². The monoisotopic (exact) mass is 423 g/mol. The molecule has 0 aliphatic carbocycles. The molecule has 1 heterocycles. The summed E-state index contributed by atoms with van der Waals surface area (Å²) in [5.74, 6) is -1.93. The van der Waals surface area contributed by atoms with Gasteiger partial charge in [-0.2, -0.15) is 0 Å². The van der Waals surface area contributed by atoms with Crippen LogP contribution >= 0.6 is 0 Å². The molecule has 2 aromatic carbocycles. The molecule has 2 amide bonds. The van der Waals surface area contributed by atoms with Crippen LogP contribution in [-0.4, -0.2) is 40.6 Å². The first kappa shape index (κ1) is 22.3. The number of nitrogens with one attached hydrogen (secondary N) is 1. The van der Waals surface area contributed by atoms with Gasteiger partial charge >= 0.3 is 6.09 Å². The largest absolute Gasteiger partial charge is 0.548 e. The average molecular weight is 423 g/mol. The van der Waals surface area contributed by atoms with E-state index < -0.39 is 35.7 Å². The summed E-state index contributed by atoms with van der Waals surface area (Å²) in [6, 6.07) is 14.4. The Morgan fingerprint density at radius 2 is 1.68 bits per heavy atom. The number of hydrogen-bond acceptors (Lipinski definition) is 5. The van der Waals surface area contributed by atoms with Crippen LogP contribution in [0, 0.1) is 0 Å². The van der Waals surface area contributed by atoms with Crippen molar-refractivity contribution in [2.45, 2.75) is 57.8 Å². The molecule has 0 aromatic heterocycles. The Bertz CT molecular complexity index is 952. The summed E-state index contributed by atoms with van der Waals surface area (Å²) in [7, 11) is 0. The number of aliphatic carboxylic acids is 1. The van der Waals surface area contributed by atoms with Gasteiger partial charge in [0.1, 0.15) is 11.6 Å². The number of fused-ring (bicyclic) bond motifs is 1. The fourth-order valence-electron chi connectivity index (χ4n) is 3.58. The van der Waals surface area contributed by atoms with Gasteiger partial charge in [0.25, 0.3) is 0 Å². The minimum Gasteiger partial charge on any atom is -0.548 e. The van der Waals surface area contributed by atoms with E-state index in [0.717, 1.165) is 16.7 Å². The Morgan fingerprint density at radius 1 is 1.06 bits per heavy atom. The molecule has 0 fully saturated rings. The zero-order valence-corrected chi connectivity index (χ0v) is 18.0. The maximum Gasteiger partial charge on any atom is 0.411 e. The second-order valence-corrected chi connectivity index (χ2v) is 8.67. The van der Waals surface area contributed by atoms with Crippen LogP contribution in [0.1, 0.15) is 37.5 Å². The van der Waals surface area contributed by atoms with Gasteiger partial charge in [-0.3, -0.25) is 9.69 Å². The molecule has 1 aliphatic heterocycles. The Hall–Kier alpha value is -3.35. The molecule has 0 radical (unpaired) electrons. The molecular weight excluding hydrogens is 396 g/mol. The third kappa shape index (κ3) is 5.84. The molecule has 2 aromatic rings. The number of carboxylic acid groups (broad SMARTS) is 1. The SMILES string of the molecule is CC(C)(C)OC(=O)N1Cc2ccccc2C[C@H]1C(=O)N[C@@H](Cc1ccccc1)C(=O)[O-]. The van der Waals surface area contributed by atoms with Crippen LogP contribution in [-0.2, 0) is 33.7 Å². The van der Waals surface area contributed by atoms with Crippen molar-refractivity contribution in [2.24, 2.45) is 0 Å². The zero-order chi connectivity index (χ0) is 22.6. The summed E-state index contributed by atoms with van der Waals surface area (Å²) in [6.45, 7) is 5.47. The normalized spacial score (nSPS) is 16.7. The van der Waals surface area contributed by atoms with Gasteiger partial charge in [-0.25, -0.2) is 4.79 Å². The maximum absolute atomic E-state index is 13.1. The molecule has 7 nitrogen and oxygen atoms in total. The Kier molecular flexibility index (Phi) is 6.63. The second kappa shape index (κ2) is 9.20. The number of carboxylic acids is 1. The molecule has 31 heavy (non-hydrogen) atoms. The average Bonchev–Trinajstić information content (AvgIpc) is 2.71. The molecule has 1 N–H and O–H groups in total. The van der Waals surface area contributed by atoms with Crippen molar-refractivity contribution in [3.63, 3.8) is 0 Å². The van der Waals surface area contributed by atoms with E-state index >= 15 is 0 Å². The Labute approximate surface area is 182 Å². The topological polar surface area (TPSA) is 98.8 Å². The lowest BCUT2D eigenvalue weighted by Crippen LogP contribution is -2.58. The number of carbonyl (C=O) groups excluding carboxylic acids is 3. The van der Waals surface area contributed by atoms with Gasteiger partial charge in [-0.15, -0.1) is 0 Å². The van der Waals surface area contributed by atoms with E-state index in [1.54, 1.807) is 45.0 Å². The van der Waals surface area contributed by atoms with E-state index in [-0.39, 0.29) is 19.4 Å². The molecule has 3 rings (SSSR count). The fraction of sp³-hybridized carbons (Fsp3) is 0.375. The molecular formula is C24H27N2O5-. The van der Waals surface area contributed by atoms with Gasteiger partial charge in [-0.05, 0) is 43.9 Å². The Balaban J connectivity index is 1.82. The highest BCUT2D eigenvalue weighted by molar-refractivity contribution is 5.89. The van der Waals surface area contributed by atoms with E-state index in [9.17, 15) is 19.5 Å². The van der Waals surface area contributed by atoms with Gasteiger partial charge in [0, 0.05) is 6.42 Å². The van der Waals surface area contributed by atoms with Crippen molar-refractivity contribution in [1.29, 1.82) is 0 Å². The van der Waals surface area contributed by atoms with Crippen molar-refractivity contribution in [1.82, 2.24) is 10.2 Å². The van der Waals surface area contributed by atoms with Crippen LogP contribution < -0.4 is 10.4 Å². The van der Waals surface area contributed by atoms with E-state index in [0.29, 0.717) is 0 Å². The van der Waals surface area contributed by atoms with Crippen molar-refractivity contribution < 1.29 is 24.2 Å². The van der Waals surface area contributed by atoms with E-state index in [1.807, 2.05) is 30.3 Å². The molecule has 0 spiro atoms. The van der Waals surface area contributed by atoms with Crippen LogP contribution in [0.5, 0.6) is 0 Å². The number of rotatable bonds is 5. The molecule has 164 valence electrons. The van der Waals surface area contributed by atoms with Gasteiger partial charge in [0.05, 0.1) is 18.6 Å². The highest BCUT2D eigenvalue weighted by Gasteiger charge is 2.37. The highest BCUT2D eigenvalue weighted by atomic mass is 16.6. The number of carbonyl (C=O) groups is 3. The van der Waals surface area contributed by atoms with E-state index in [2.05, 4.69) is 5.32 Å². The van der Waals surface area contributed by atoms with Crippen molar-refractivity contribution in [2.75, 3.05) is 0 Å². The van der Waals surface area contributed by atoms with Crippen LogP contribution in [0.25, 0.3) is 0 Å². The summed E-state index contributed by atoms with van der Waals surface area (Å²) in [4.78, 5) is 39.0. The quantitative estimate of drug-likeness (QED) is 0.791. The number of amides is 2. The molecule has 0 unspecified atom stereocenters. The summed E-state index contributed by atoms with van der Waals surface area (Å²) < 4.78 is 5.50. The van der Waals surface area contributed by atoms with Crippen LogP contribution in [0.15, 0.2) is 54.6 Å². The number of ether oxygens (including phenoxy) is 1. The molecule has 7 heteroatoms. The highest BCUT2D eigenvalue weighted by Crippen LogP contribution is 2.25. The van der Waals surface area contributed by atoms with Crippen molar-refractivity contribution >= 4 is 18.0 Å². The predicted molar refractivity (Wildman–Crippen MR) is 113 cm³/mol. The van der Waals surface area contributed by atoms with Gasteiger partial charge in [0.2, 0.25) is 5.91 Å². The first-order valence-electron chi connectivity index (χ1n) is 10.3. The lowest BCUT2D eigenvalue weighted by atomic mass is 9.93. The number of benzene rings is 2. The van der Waals surface area contributed by atoms with Crippen molar-refractivity contribution in [3.05, 3.63) is 71.3 Å².